The van der Waals surface area contributed by atoms with Crippen LogP contribution >= 0.6 is 0 Å². The number of rotatable bonds is 3. The van der Waals surface area contributed by atoms with Gasteiger partial charge < -0.3 is 10.8 Å². The molecule has 0 aliphatic carbocycles. The highest BCUT2D eigenvalue weighted by Crippen LogP contribution is 2.16. The number of aliphatic hydroxyl groups is 1. The predicted molar refractivity (Wildman–Crippen MR) is 34.5 cm³/mol. The lowest BCUT2D eigenvalue weighted by molar-refractivity contribution is 0.145. The van der Waals surface area contributed by atoms with Crippen LogP contribution in [0.5, 0.6) is 0 Å². The second kappa shape index (κ2) is 3.05. The quantitative estimate of drug-likeness (QED) is 0.560. The third-order valence-corrected chi connectivity index (χ3v) is 1.73. The van der Waals surface area contributed by atoms with Gasteiger partial charge in [0.1, 0.15) is 0 Å². The molecule has 0 aliphatic rings. The molecule has 3 N–H and O–H groups in total. The molecule has 0 saturated carbocycles. The number of hydrogen-bond donors (Lipinski definition) is 2. The molecule has 0 rings (SSSR count). The minimum Gasteiger partial charge on any atom is -0.396 e. The summed E-state index contributed by atoms with van der Waals surface area (Å²) in [7, 11) is 0. The summed E-state index contributed by atoms with van der Waals surface area (Å²) in [6.07, 6.45) is 0.944. The molecule has 0 saturated heterocycles. The lowest BCUT2D eigenvalue weighted by Gasteiger charge is -2.22. The summed E-state index contributed by atoms with van der Waals surface area (Å²) in [5.41, 5.74) is 5.33. The second-order valence-corrected chi connectivity index (χ2v) is 2.53. The normalized spacial score (nSPS) is 18.0. The van der Waals surface area contributed by atoms with Gasteiger partial charge in [0.15, 0.2) is 0 Å². The van der Waals surface area contributed by atoms with Crippen LogP contribution in [0.25, 0.3) is 0 Å². The van der Waals surface area contributed by atoms with Crippen molar-refractivity contribution in [1.29, 1.82) is 0 Å². The van der Waals surface area contributed by atoms with Crippen LogP contribution in [0.4, 0.5) is 0 Å². The maximum absolute atomic E-state index is 8.71. The van der Waals surface area contributed by atoms with Crippen LogP contribution in [0.15, 0.2) is 0 Å². The molecule has 50 valence electrons. The van der Waals surface area contributed by atoms with E-state index < -0.39 is 0 Å². The monoisotopic (exact) mass is 117 g/mol. The van der Waals surface area contributed by atoms with Crippen molar-refractivity contribution >= 4 is 0 Å². The molecule has 0 heterocycles. The van der Waals surface area contributed by atoms with Crippen molar-refractivity contribution in [3.8, 4) is 0 Å². The first kappa shape index (κ1) is 7.92. The van der Waals surface area contributed by atoms with Crippen LogP contribution in [-0.2, 0) is 0 Å². The van der Waals surface area contributed by atoms with E-state index in [-0.39, 0.29) is 12.0 Å². The summed E-state index contributed by atoms with van der Waals surface area (Å²) < 4.78 is 0. The molecular formula is C6H15NO. The lowest BCUT2D eigenvalue weighted by Crippen LogP contribution is -2.29. The fourth-order valence-corrected chi connectivity index (χ4v) is 0.321. The van der Waals surface area contributed by atoms with Crippen molar-refractivity contribution in [3.05, 3.63) is 0 Å². The van der Waals surface area contributed by atoms with Crippen LogP contribution in [0, 0.1) is 5.41 Å². The standard InChI is InChI=1S/C6H15NO/c1-3-6(2,4-7)5-8/h8H,3-5,7H2,1-2H3/t6-/m0/s1. The molecule has 0 aromatic rings. The van der Waals surface area contributed by atoms with Gasteiger partial charge in [-0.3, -0.25) is 0 Å². The number of aliphatic hydroxyl groups excluding tert-OH is 1. The average Bonchev–Trinajstić information content (AvgIpc) is 1.87. The molecule has 0 aromatic heterocycles. The smallest absolute Gasteiger partial charge is 0.0496 e. The van der Waals surface area contributed by atoms with Gasteiger partial charge in [0.2, 0.25) is 0 Å². The highest BCUT2D eigenvalue weighted by atomic mass is 16.3. The van der Waals surface area contributed by atoms with Crippen molar-refractivity contribution in [1.82, 2.24) is 0 Å². The minimum atomic E-state index is -0.0417. The highest BCUT2D eigenvalue weighted by Gasteiger charge is 2.17. The fraction of sp³-hybridized carbons (Fsp3) is 1.00. The van der Waals surface area contributed by atoms with E-state index in [0.29, 0.717) is 6.54 Å². The van der Waals surface area contributed by atoms with Gasteiger partial charge in [-0.25, -0.2) is 0 Å². The Labute approximate surface area is 50.7 Å². The van der Waals surface area contributed by atoms with Gasteiger partial charge in [-0.05, 0) is 13.0 Å². The van der Waals surface area contributed by atoms with Gasteiger partial charge in [-0.15, -0.1) is 0 Å². The zero-order valence-electron chi connectivity index (χ0n) is 5.65. The molecule has 8 heavy (non-hydrogen) atoms. The van der Waals surface area contributed by atoms with Crippen molar-refractivity contribution in [2.24, 2.45) is 11.1 Å². The largest absolute Gasteiger partial charge is 0.396 e. The summed E-state index contributed by atoms with van der Waals surface area (Å²) in [5, 5.41) is 8.71. The van der Waals surface area contributed by atoms with Gasteiger partial charge in [-0.1, -0.05) is 13.8 Å². The van der Waals surface area contributed by atoms with Crippen molar-refractivity contribution in [2.75, 3.05) is 13.2 Å². The summed E-state index contributed by atoms with van der Waals surface area (Å²) in [6.45, 7) is 4.77. The fourth-order valence-electron chi connectivity index (χ4n) is 0.321. The SMILES string of the molecule is CC[C@@](C)(CN)CO. The molecular weight excluding hydrogens is 102 g/mol. The van der Waals surface area contributed by atoms with Crippen molar-refractivity contribution in [3.63, 3.8) is 0 Å². The molecule has 1 atom stereocenters. The van der Waals surface area contributed by atoms with Gasteiger partial charge in [0, 0.05) is 12.0 Å². The van der Waals surface area contributed by atoms with Gasteiger partial charge in [0.25, 0.3) is 0 Å². The van der Waals surface area contributed by atoms with E-state index in [2.05, 4.69) is 0 Å². The van der Waals surface area contributed by atoms with E-state index in [4.69, 9.17) is 10.8 Å². The van der Waals surface area contributed by atoms with Gasteiger partial charge in [0.05, 0.1) is 0 Å². The van der Waals surface area contributed by atoms with Crippen LogP contribution in [0.1, 0.15) is 20.3 Å². The molecule has 0 bridgehead atoms. The highest BCUT2D eigenvalue weighted by molar-refractivity contribution is 4.71. The summed E-state index contributed by atoms with van der Waals surface area (Å²) in [6, 6.07) is 0. The molecule has 0 fully saturated rings. The zero-order chi connectivity index (χ0) is 6.62. The topological polar surface area (TPSA) is 46.2 Å². The van der Waals surface area contributed by atoms with Crippen LogP contribution in [0.2, 0.25) is 0 Å². The van der Waals surface area contributed by atoms with Crippen molar-refractivity contribution < 1.29 is 5.11 Å². The summed E-state index contributed by atoms with van der Waals surface area (Å²) in [4.78, 5) is 0. The molecule has 0 amide bonds. The first-order chi connectivity index (χ1) is 3.68. The Bertz CT molecular complexity index is 51.3. The van der Waals surface area contributed by atoms with Gasteiger partial charge in [-0.2, -0.15) is 0 Å². The molecule has 0 radical (unpaired) electrons. The molecule has 0 aliphatic heterocycles. The summed E-state index contributed by atoms with van der Waals surface area (Å²) >= 11 is 0. The Morgan fingerprint density at radius 3 is 2.12 bits per heavy atom. The second-order valence-electron chi connectivity index (χ2n) is 2.53. The molecule has 0 unspecified atom stereocenters. The maximum atomic E-state index is 8.71. The van der Waals surface area contributed by atoms with Crippen LogP contribution in [0.3, 0.4) is 0 Å². The van der Waals surface area contributed by atoms with E-state index in [1.54, 1.807) is 0 Å². The Morgan fingerprint density at radius 1 is 1.62 bits per heavy atom. The average molecular weight is 117 g/mol. The number of hydrogen-bond acceptors (Lipinski definition) is 2. The maximum Gasteiger partial charge on any atom is 0.0496 e. The Morgan fingerprint density at radius 2 is 2.12 bits per heavy atom. The van der Waals surface area contributed by atoms with E-state index in [1.165, 1.54) is 0 Å². The molecule has 0 spiro atoms. The number of nitrogens with two attached hydrogens (primary N) is 1. The van der Waals surface area contributed by atoms with Crippen LogP contribution < -0.4 is 5.73 Å². The van der Waals surface area contributed by atoms with E-state index >= 15 is 0 Å². The first-order valence-electron chi connectivity index (χ1n) is 2.99. The first-order valence-corrected chi connectivity index (χ1v) is 2.99. The Kier molecular flexibility index (Phi) is 3.02. The van der Waals surface area contributed by atoms with E-state index in [1.807, 2.05) is 13.8 Å². The molecule has 0 aromatic carbocycles. The third-order valence-electron chi connectivity index (χ3n) is 1.73. The summed E-state index contributed by atoms with van der Waals surface area (Å²) in [5.74, 6) is 0. The van der Waals surface area contributed by atoms with E-state index in [9.17, 15) is 0 Å². The van der Waals surface area contributed by atoms with Gasteiger partial charge >= 0.3 is 0 Å². The molecule has 2 nitrogen and oxygen atoms in total. The van der Waals surface area contributed by atoms with E-state index in [0.717, 1.165) is 6.42 Å². The van der Waals surface area contributed by atoms with Crippen molar-refractivity contribution in [2.45, 2.75) is 20.3 Å². The zero-order valence-corrected chi connectivity index (χ0v) is 5.65. The van der Waals surface area contributed by atoms with Crippen LogP contribution in [-0.4, -0.2) is 18.3 Å². The third kappa shape index (κ3) is 1.80. The Hall–Kier alpha value is -0.0800. The predicted octanol–water partition coefficient (Wildman–Crippen LogP) is 0.354. The molecule has 2 heteroatoms. The minimum absolute atomic E-state index is 0.0417. The lowest BCUT2D eigenvalue weighted by atomic mass is 9.89. The Balaban J connectivity index is 3.58.